The predicted molar refractivity (Wildman–Crippen MR) is 525 cm³/mol. The van der Waals surface area contributed by atoms with E-state index in [2.05, 4.69) is 467 Å². The molecule has 0 aliphatic heterocycles. The summed E-state index contributed by atoms with van der Waals surface area (Å²) in [5.74, 6) is 0.960. The van der Waals surface area contributed by atoms with Crippen LogP contribution in [0, 0.1) is 0 Å². The topological polar surface area (TPSA) is 17.8 Å². The molecular weight excluding hydrogens is 1470 g/mol. The molecule has 1 aliphatic rings. The third-order valence-electron chi connectivity index (χ3n) is 25.8. The summed E-state index contributed by atoms with van der Waals surface area (Å²) in [5, 5.41) is 36.3. The number of rotatable bonds is 5. The fourth-order valence-electron chi connectivity index (χ4n) is 19.8. The van der Waals surface area contributed by atoms with Crippen molar-refractivity contribution in [2.24, 2.45) is 0 Å². The van der Waals surface area contributed by atoms with Crippen molar-refractivity contribution >= 4 is 162 Å². The van der Waals surface area contributed by atoms with E-state index in [1.54, 1.807) is 0 Å². The lowest BCUT2D eigenvalue weighted by Gasteiger charge is -2.22. The van der Waals surface area contributed by atoms with Crippen LogP contribution in [0.25, 0.3) is 223 Å². The van der Waals surface area contributed by atoms with Crippen molar-refractivity contribution in [1.29, 1.82) is 0 Å². The minimum Gasteiger partial charge on any atom is -0.292 e. The van der Waals surface area contributed by atoms with Gasteiger partial charge in [-0.3, -0.25) is 4.57 Å². The van der Waals surface area contributed by atoms with Crippen LogP contribution in [0.3, 0.4) is 0 Å². The van der Waals surface area contributed by atoms with Gasteiger partial charge in [-0.25, -0.2) is 4.98 Å². The van der Waals surface area contributed by atoms with E-state index in [-0.39, 0.29) is 5.41 Å². The van der Waals surface area contributed by atoms with Gasteiger partial charge in [-0.15, -0.1) is 0 Å². The highest BCUT2D eigenvalue weighted by Crippen LogP contribution is 2.51. The molecule has 0 saturated heterocycles. The van der Waals surface area contributed by atoms with E-state index in [0.29, 0.717) is 0 Å². The number of nitrogens with zero attached hydrogens (tertiary/aromatic N) is 2. The third-order valence-corrected chi connectivity index (χ3v) is 25.8. The zero-order chi connectivity index (χ0) is 80.9. The number of aromatic nitrogens is 2. The Balaban J connectivity index is 0.0000000947. The second-order valence-corrected chi connectivity index (χ2v) is 33.2. The highest BCUT2D eigenvalue weighted by Gasteiger charge is 2.35. The summed E-state index contributed by atoms with van der Waals surface area (Å²) in [6, 6.07) is 163. The number of hydrogen-bond acceptors (Lipinski definition) is 1. The van der Waals surface area contributed by atoms with Crippen molar-refractivity contribution in [2.45, 2.75) is 19.3 Å². The maximum Gasteiger partial charge on any atom is 0.145 e. The Labute approximate surface area is 707 Å². The number of hydrogen-bond donors (Lipinski definition) is 0. The Kier molecular flexibility index (Phi) is 17.3. The second kappa shape index (κ2) is 29.5. The molecule has 1 heterocycles. The lowest BCUT2D eigenvalue weighted by atomic mass is 9.81. The molecule has 122 heavy (non-hydrogen) atoms. The van der Waals surface area contributed by atoms with Crippen LogP contribution in [0.1, 0.15) is 25.0 Å². The lowest BCUT2D eigenvalue weighted by molar-refractivity contribution is 0.660. The first-order valence-electron chi connectivity index (χ1n) is 42.4. The van der Waals surface area contributed by atoms with E-state index in [1.165, 1.54) is 206 Å². The number of benzene rings is 24. The highest BCUT2D eigenvalue weighted by molar-refractivity contribution is 6.25. The molecule has 0 atom stereocenters. The van der Waals surface area contributed by atoms with Crippen LogP contribution >= 0.6 is 0 Å². The van der Waals surface area contributed by atoms with Crippen molar-refractivity contribution in [2.75, 3.05) is 0 Å². The SMILES string of the molecule is CC1(C)c2ccccc2-c2ccc(-c3ccc4ccc5ccc6ccccc6c5c4c3)cc21.c1ccc(-n2c(-c3ccc4ccc5ccc6ccccc6c5c4c3)nc3ccccc32)cc1.c1ccc2c(-c3ccc4ccc5ccc6ccccc6c5c4c3)cccc2c1.c1ccc2cc(-c3ccc4ccc5ccc6ccccc6c5c4c3)ccc2c1. The van der Waals surface area contributed by atoms with Gasteiger partial charge in [0.15, 0.2) is 0 Å². The Morgan fingerprint density at radius 2 is 0.500 bits per heavy atom. The molecule has 0 spiro atoms. The fraction of sp³-hybridized carbons (Fsp3) is 0.0250. The zero-order valence-electron chi connectivity index (χ0n) is 67.6. The standard InChI is InChI=1S/C33H24.C31H20N2.2C28H18/c1-33(2)30-10-6-5-9-27(30)28-18-17-25(20-31(28)33)24-16-13-22-12-15-23-14-11-21-7-3-4-8-26(21)32(23)29(22)19-24;1-2-9-25(10-3-1)33-29-13-7-6-12-28(29)32-31(33)24-19-16-22-15-18-23-17-14-21-8-4-5-11-26(21)30(23)27(22)20-24;1-3-9-24-19(6-1)8-5-11-25(24)23-17-14-21-13-16-22-15-12-20-7-2-4-10-26(20)28(22)27(21)18-23;1-2-7-23-17-24(15-9-19(23)5-1)25-16-12-21-11-14-22-13-10-20-6-3-4-8-26(20)28(22)27(21)18-25/h3-20H,1-2H3;1-20H;2*1-18H. The molecule has 2 nitrogen and oxygen atoms in total. The Hall–Kier alpha value is -15.6. The average molecular weight is 1550 g/mol. The van der Waals surface area contributed by atoms with Crippen LogP contribution in [0.15, 0.2) is 449 Å². The monoisotopic (exact) mass is 1550 g/mol. The first-order valence-corrected chi connectivity index (χ1v) is 42.4. The van der Waals surface area contributed by atoms with Crippen molar-refractivity contribution in [3.8, 4) is 61.6 Å². The maximum atomic E-state index is 5.07. The van der Waals surface area contributed by atoms with Crippen LogP contribution in [-0.4, -0.2) is 9.55 Å². The molecule has 1 aliphatic carbocycles. The van der Waals surface area contributed by atoms with Gasteiger partial charge < -0.3 is 0 Å². The van der Waals surface area contributed by atoms with Gasteiger partial charge in [0.2, 0.25) is 0 Å². The maximum absolute atomic E-state index is 5.07. The van der Waals surface area contributed by atoms with Crippen LogP contribution in [0.5, 0.6) is 0 Å². The zero-order valence-corrected chi connectivity index (χ0v) is 67.6. The van der Waals surface area contributed by atoms with Gasteiger partial charge >= 0.3 is 0 Å². The van der Waals surface area contributed by atoms with Gasteiger partial charge in [-0.2, -0.15) is 0 Å². The van der Waals surface area contributed by atoms with Gasteiger partial charge in [-0.1, -0.05) is 402 Å². The van der Waals surface area contributed by atoms with Crippen LogP contribution in [-0.2, 0) is 5.41 Å². The summed E-state index contributed by atoms with van der Waals surface area (Å²) in [6.45, 7) is 4.70. The van der Waals surface area contributed by atoms with Crippen molar-refractivity contribution in [1.82, 2.24) is 9.55 Å². The molecule has 0 radical (unpaired) electrons. The van der Waals surface area contributed by atoms with E-state index in [4.69, 9.17) is 4.98 Å². The van der Waals surface area contributed by atoms with Crippen molar-refractivity contribution < 1.29 is 0 Å². The molecule has 570 valence electrons. The molecule has 0 unspecified atom stereocenters. The molecule has 0 bridgehead atoms. The normalized spacial score (nSPS) is 12.2. The minimum atomic E-state index is 0.0156. The molecule has 24 aromatic carbocycles. The van der Waals surface area contributed by atoms with Gasteiger partial charge in [0.05, 0.1) is 11.0 Å². The van der Waals surface area contributed by atoms with Crippen molar-refractivity contribution in [3.63, 3.8) is 0 Å². The summed E-state index contributed by atoms with van der Waals surface area (Å²) in [4.78, 5) is 5.07. The van der Waals surface area contributed by atoms with Crippen LogP contribution in [0.4, 0.5) is 0 Å². The van der Waals surface area contributed by atoms with Gasteiger partial charge in [0.1, 0.15) is 5.82 Å². The van der Waals surface area contributed by atoms with Gasteiger partial charge in [0, 0.05) is 16.7 Å². The van der Waals surface area contributed by atoms with E-state index in [1.807, 2.05) is 0 Å². The minimum absolute atomic E-state index is 0.0156. The molecular formula is C120H80N2. The van der Waals surface area contributed by atoms with Crippen molar-refractivity contribution in [3.05, 3.63) is 460 Å². The Bertz CT molecular complexity index is 8530. The first kappa shape index (κ1) is 71.7. The summed E-state index contributed by atoms with van der Waals surface area (Å²) >= 11 is 0. The Morgan fingerprint density at radius 1 is 0.189 bits per heavy atom. The summed E-state index contributed by atoms with van der Waals surface area (Å²) in [6.07, 6.45) is 0. The smallest absolute Gasteiger partial charge is 0.145 e. The lowest BCUT2D eigenvalue weighted by Crippen LogP contribution is -2.14. The predicted octanol–water partition coefficient (Wildman–Crippen LogP) is 33.2. The molecule has 2 heteroatoms. The van der Waals surface area contributed by atoms with Gasteiger partial charge in [0.25, 0.3) is 0 Å². The highest BCUT2D eigenvalue weighted by atomic mass is 15.1. The summed E-state index contributed by atoms with van der Waals surface area (Å²) in [7, 11) is 0. The molecule has 0 N–H and O–H groups in total. The number of imidazole rings is 1. The molecule has 25 aromatic rings. The largest absolute Gasteiger partial charge is 0.292 e. The first-order chi connectivity index (χ1) is 60.2. The molecule has 26 rings (SSSR count). The average Bonchev–Trinajstić information content (AvgIpc) is 1.57. The molecule has 1 aromatic heterocycles. The fourth-order valence-corrected chi connectivity index (χ4v) is 19.8. The van der Waals surface area contributed by atoms with E-state index in [0.717, 1.165) is 28.1 Å². The summed E-state index contributed by atoms with van der Waals surface area (Å²) < 4.78 is 2.26. The van der Waals surface area contributed by atoms with Crippen LogP contribution in [0.2, 0.25) is 0 Å². The quantitative estimate of drug-likeness (QED) is 0.157. The van der Waals surface area contributed by atoms with Gasteiger partial charge in [-0.05, 0) is 267 Å². The number of fused-ring (bicyclic) bond motifs is 26. The molecule has 0 fully saturated rings. The third kappa shape index (κ3) is 12.4. The van der Waals surface area contributed by atoms with E-state index >= 15 is 0 Å². The molecule has 0 saturated carbocycles. The molecule has 0 amide bonds. The Morgan fingerprint density at radius 3 is 1.01 bits per heavy atom. The second-order valence-electron chi connectivity index (χ2n) is 33.2. The van der Waals surface area contributed by atoms with E-state index < -0.39 is 0 Å². The number of para-hydroxylation sites is 3. The van der Waals surface area contributed by atoms with E-state index in [9.17, 15) is 0 Å². The summed E-state index contributed by atoms with van der Waals surface area (Å²) in [5.41, 5.74) is 17.6. The van der Waals surface area contributed by atoms with Crippen LogP contribution < -0.4 is 0 Å².